The number of carbonyl (C=O) groups excluding carboxylic acids is 2. The Labute approximate surface area is 254 Å². The first-order valence-corrected chi connectivity index (χ1v) is 15.5. The van der Waals surface area contributed by atoms with Crippen LogP contribution in [0.2, 0.25) is 5.02 Å². The second kappa shape index (κ2) is 14.4. The lowest BCUT2D eigenvalue weighted by molar-refractivity contribution is -0.133. The van der Waals surface area contributed by atoms with E-state index in [-0.39, 0.29) is 36.7 Å². The fraction of sp³-hybridized carbons (Fsp3) is 0.533. The van der Waals surface area contributed by atoms with E-state index < -0.39 is 12.0 Å². The first kappa shape index (κ1) is 31.1. The Bertz CT molecular complexity index is 1160. The zero-order valence-electron chi connectivity index (χ0n) is 22.9. The molecule has 2 aromatic rings. The molecule has 10 heteroatoms. The minimum Gasteiger partial charge on any atom is -0.350 e. The van der Waals surface area contributed by atoms with Gasteiger partial charge >= 0.3 is 0 Å². The predicted molar refractivity (Wildman–Crippen MR) is 163 cm³/mol. The van der Waals surface area contributed by atoms with Crippen LogP contribution in [0.15, 0.2) is 48.5 Å². The maximum absolute atomic E-state index is 14.0. The summed E-state index contributed by atoms with van der Waals surface area (Å²) in [6.45, 7) is 4.42. The maximum atomic E-state index is 14.0. The van der Waals surface area contributed by atoms with Crippen molar-refractivity contribution < 1.29 is 18.4 Å². The molecule has 4 rings (SSSR count). The van der Waals surface area contributed by atoms with Crippen molar-refractivity contribution in [3.05, 3.63) is 68.3 Å². The van der Waals surface area contributed by atoms with E-state index in [1.807, 2.05) is 23.1 Å². The lowest BCUT2D eigenvalue weighted by atomic mass is 9.95. The third kappa shape index (κ3) is 8.59. The Morgan fingerprint density at radius 1 is 1.23 bits per heavy atom. The van der Waals surface area contributed by atoms with Crippen molar-refractivity contribution in [2.45, 2.75) is 63.0 Å². The summed E-state index contributed by atoms with van der Waals surface area (Å²) >= 11 is 8.20. The van der Waals surface area contributed by atoms with Gasteiger partial charge in [0, 0.05) is 53.7 Å². The highest BCUT2D eigenvalue weighted by Crippen LogP contribution is 2.27. The quantitative estimate of drug-likeness (QED) is 0.322. The maximum Gasteiger partial charge on any atom is 0.260 e. The Kier molecular flexibility index (Phi) is 11.2. The van der Waals surface area contributed by atoms with Gasteiger partial charge in [0.1, 0.15) is 0 Å². The highest BCUT2D eigenvalue weighted by molar-refractivity contribution is 14.1. The summed E-state index contributed by atoms with van der Waals surface area (Å²) in [5.41, 5.74) is 1.72. The fourth-order valence-electron chi connectivity index (χ4n) is 5.60. The van der Waals surface area contributed by atoms with Crippen LogP contribution >= 0.6 is 34.2 Å². The van der Waals surface area contributed by atoms with Gasteiger partial charge in [-0.05, 0) is 78.6 Å². The number of amides is 2. The third-order valence-electron chi connectivity index (χ3n) is 7.90. The lowest BCUT2D eigenvalue weighted by Gasteiger charge is -2.34. The van der Waals surface area contributed by atoms with Gasteiger partial charge in [-0.15, -0.1) is 0 Å². The molecular weight excluding hydrogens is 649 g/mol. The minimum atomic E-state index is -2.68. The summed E-state index contributed by atoms with van der Waals surface area (Å²) in [6, 6.07) is 14.7. The molecule has 0 radical (unpaired) electrons. The van der Waals surface area contributed by atoms with Crippen molar-refractivity contribution in [1.82, 2.24) is 20.4 Å². The molecule has 2 aliphatic heterocycles. The topological polar surface area (TPSA) is 64.7 Å². The number of nitrogens with zero attached hydrogens (tertiary/aromatic N) is 2. The number of hydrogen-bond acceptors (Lipinski definition) is 4. The third-order valence-corrected chi connectivity index (χ3v) is 9.44. The van der Waals surface area contributed by atoms with Crippen LogP contribution in [0, 0.1) is 3.57 Å². The smallest absolute Gasteiger partial charge is 0.260 e. The molecule has 2 aromatic carbocycles. The Morgan fingerprint density at radius 3 is 2.70 bits per heavy atom. The van der Waals surface area contributed by atoms with Gasteiger partial charge in [-0.2, -0.15) is 0 Å². The van der Waals surface area contributed by atoms with Crippen LogP contribution in [0.5, 0.6) is 0 Å². The molecule has 0 saturated carbocycles. The molecule has 2 saturated heterocycles. The average Bonchev–Trinajstić information content (AvgIpc) is 3.08. The van der Waals surface area contributed by atoms with Gasteiger partial charge in [0.25, 0.3) is 11.8 Å². The number of likely N-dealkylation sites (tertiary alicyclic amines) is 1. The first-order chi connectivity index (χ1) is 19.1. The van der Waals surface area contributed by atoms with Crippen LogP contribution in [0.1, 0.15) is 60.9 Å². The summed E-state index contributed by atoms with van der Waals surface area (Å²) in [7, 11) is 0. The summed E-state index contributed by atoms with van der Waals surface area (Å²) in [5.74, 6) is -2.68. The summed E-state index contributed by atoms with van der Waals surface area (Å²) in [4.78, 5) is 30.3. The SMILES string of the molecule is CC[C@H](CN1CC[C@@H](CNC(=O)c2ccc(Cl)c(I)c2)N[C@@H](CCN2CCCC(F)(F)C2)C1=O)c1ccccc1. The molecule has 2 amide bonds. The van der Waals surface area contributed by atoms with Gasteiger partial charge in [0.2, 0.25) is 5.91 Å². The van der Waals surface area contributed by atoms with Gasteiger partial charge in [0.05, 0.1) is 17.6 Å². The van der Waals surface area contributed by atoms with Crippen molar-refractivity contribution in [2.75, 3.05) is 39.3 Å². The molecule has 218 valence electrons. The van der Waals surface area contributed by atoms with Crippen LogP contribution in [-0.2, 0) is 4.79 Å². The number of hydrogen-bond donors (Lipinski definition) is 2. The molecule has 3 atom stereocenters. The van der Waals surface area contributed by atoms with Gasteiger partial charge in [-0.3, -0.25) is 14.5 Å². The van der Waals surface area contributed by atoms with Crippen molar-refractivity contribution in [3.63, 3.8) is 0 Å². The van der Waals surface area contributed by atoms with Crippen LogP contribution in [0.25, 0.3) is 0 Å². The molecule has 2 fully saturated rings. The number of alkyl halides is 2. The molecule has 0 bridgehead atoms. The van der Waals surface area contributed by atoms with Gasteiger partial charge in [-0.1, -0.05) is 48.9 Å². The van der Waals surface area contributed by atoms with Crippen LogP contribution < -0.4 is 10.6 Å². The lowest BCUT2D eigenvalue weighted by Crippen LogP contribution is -2.51. The molecule has 40 heavy (non-hydrogen) atoms. The average molecular weight is 687 g/mol. The standard InChI is InChI=1S/C30H38ClF2IN4O2/c1-2-21(22-7-4-3-5-8-22)19-38-16-11-24(18-35-28(39)23-9-10-25(31)26(34)17-23)36-27(29(38)40)12-15-37-14-6-13-30(32,33)20-37/h3-5,7-10,17,21,24,27,36H,2,6,11-16,18-20H2,1H3,(H,35,39)/t21-,24+,27+/m1/s1. The molecule has 0 aromatic heterocycles. The number of carbonyl (C=O) groups is 2. The number of rotatable bonds is 10. The van der Waals surface area contributed by atoms with E-state index in [1.54, 1.807) is 23.1 Å². The number of halogens is 4. The zero-order valence-corrected chi connectivity index (χ0v) is 25.8. The number of nitrogens with one attached hydrogen (secondary N) is 2. The summed E-state index contributed by atoms with van der Waals surface area (Å²) < 4.78 is 28.8. The molecule has 6 nitrogen and oxygen atoms in total. The Hall–Kier alpha value is -1.82. The predicted octanol–water partition coefficient (Wildman–Crippen LogP) is 5.55. The van der Waals surface area contributed by atoms with Crippen molar-refractivity contribution in [1.29, 1.82) is 0 Å². The molecule has 0 unspecified atom stereocenters. The molecular formula is C30H38ClF2IN4O2. The summed E-state index contributed by atoms with van der Waals surface area (Å²) in [5, 5.41) is 7.07. The van der Waals surface area contributed by atoms with Gasteiger partial charge in [-0.25, -0.2) is 8.78 Å². The highest BCUT2D eigenvalue weighted by atomic mass is 127. The van der Waals surface area contributed by atoms with E-state index in [2.05, 4.69) is 52.3 Å². The number of piperidine rings is 1. The van der Waals surface area contributed by atoms with Crippen molar-refractivity contribution in [3.8, 4) is 0 Å². The monoisotopic (exact) mass is 686 g/mol. The van der Waals surface area contributed by atoms with E-state index in [4.69, 9.17) is 11.6 Å². The molecule has 2 heterocycles. The van der Waals surface area contributed by atoms with Crippen LogP contribution in [-0.4, -0.2) is 78.9 Å². The van der Waals surface area contributed by atoms with Crippen molar-refractivity contribution in [2.24, 2.45) is 0 Å². The first-order valence-electron chi connectivity index (χ1n) is 14.1. The molecule has 0 aliphatic carbocycles. The number of benzene rings is 2. The van der Waals surface area contributed by atoms with E-state index in [0.29, 0.717) is 62.6 Å². The second-order valence-electron chi connectivity index (χ2n) is 10.9. The molecule has 2 aliphatic rings. The fourth-order valence-corrected chi connectivity index (χ4v) is 6.23. The van der Waals surface area contributed by atoms with Crippen LogP contribution in [0.3, 0.4) is 0 Å². The Balaban J connectivity index is 1.44. The van der Waals surface area contributed by atoms with Gasteiger partial charge in [0.15, 0.2) is 0 Å². The zero-order chi connectivity index (χ0) is 28.7. The van der Waals surface area contributed by atoms with Crippen molar-refractivity contribution >= 4 is 46.0 Å². The normalized spacial score (nSPS) is 22.5. The molecule has 0 spiro atoms. The largest absolute Gasteiger partial charge is 0.350 e. The van der Waals surface area contributed by atoms with E-state index >= 15 is 0 Å². The van der Waals surface area contributed by atoms with E-state index in [0.717, 1.165) is 9.99 Å². The van der Waals surface area contributed by atoms with Crippen LogP contribution in [0.4, 0.5) is 8.78 Å². The molecule has 2 N–H and O–H groups in total. The highest BCUT2D eigenvalue weighted by Gasteiger charge is 2.37. The Morgan fingerprint density at radius 2 is 2.00 bits per heavy atom. The minimum absolute atomic E-state index is 0.000711. The van der Waals surface area contributed by atoms with E-state index in [1.165, 1.54) is 5.56 Å². The second-order valence-corrected chi connectivity index (χ2v) is 12.4. The van der Waals surface area contributed by atoms with E-state index in [9.17, 15) is 18.4 Å². The summed E-state index contributed by atoms with van der Waals surface area (Å²) in [6.07, 6.45) is 2.39. The van der Waals surface area contributed by atoms with Gasteiger partial charge < -0.3 is 15.5 Å².